The molecule has 0 bridgehead atoms. The Morgan fingerprint density at radius 1 is 1.56 bits per heavy atom. The predicted molar refractivity (Wildman–Crippen MR) is 68.2 cm³/mol. The summed E-state index contributed by atoms with van der Waals surface area (Å²) in [5.41, 5.74) is 0.343. The van der Waals surface area contributed by atoms with E-state index in [9.17, 15) is 14.9 Å². The molecule has 0 amide bonds. The van der Waals surface area contributed by atoms with Crippen LogP contribution in [0, 0.1) is 10.1 Å². The van der Waals surface area contributed by atoms with Crippen LogP contribution in [0.15, 0.2) is 18.2 Å². The molecule has 1 rings (SSSR count). The van der Waals surface area contributed by atoms with Gasteiger partial charge in [-0.3, -0.25) is 14.9 Å². The molecule has 0 aliphatic heterocycles. The number of rotatable bonds is 6. The van der Waals surface area contributed by atoms with E-state index in [0.717, 1.165) is 0 Å². The van der Waals surface area contributed by atoms with Crippen LogP contribution in [0.4, 0.5) is 11.4 Å². The lowest BCUT2D eigenvalue weighted by atomic mass is 10.2. The lowest BCUT2D eigenvalue weighted by molar-refractivity contribution is -0.384. The van der Waals surface area contributed by atoms with Crippen LogP contribution in [0.3, 0.4) is 0 Å². The van der Waals surface area contributed by atoms with E-state index in [1.54, 1.807) is 11.9 Å². The van der Waals surface area contributed by atoms with E-state index in [1.165, 1.54) is 18.2 Å². The third-order valence-corrected chi connectivity index (χ3v) is 2.66. The van der Waals surface area contributed by atoms with Gasteiger partial charge in [0.2, 0.25) is 0 Å². The van der Waals surface area contributed by atoms with E-state index in [2.05, 4.69) is 0 Å². The summed E-state index contributed by atoms with van der Waals surface area (Å²) in [6.45, 7) is 0.410. The molecule has 0 saturated heterocycles. The SMILES string of the molecule is CN(CCCC(=O)O)c1cc(Cl)ccc1[N+](=O)[O-]. The third-order valence-electron chi connectivity index (χ3n) is 2.43. The first-order valence-corrected chi connectivity index (χ1v) is 5.66. The van der Waals surface area contributed by atoms with Crippen molar-refractivity contribution in [2.24, 2.45) is 0 Å². The summed E-state index contributed by atoms with van der Waals surface area (Å²) < 4.78 is 0. The number of hydrogen-bond donors (Lipinski definition) is 1. The molecule has 6 nitrogen and oxygen atoms in total. The minimum absolute atomic E-state index is 0.0265. The van der Waals surface area contributed by atoms with Gasteiger partial charge < -0.3 is 10.0 Å². The minimum atomic E-state index is -0.885. The molecule has 1 aromatic carbocycles. The van der Waals surface area contributed by atoms with Crippen molar-refractivity contribution in [3.63, 3.8) is 0 Å². The van der Waals surface area contributed by atoms with Gasteiger partial charge >= 0.3 is 5.97 Å². The van der Waals surface area contributed by atoms with Crippen LogP contribution >= 0.6 is 11.6 Å². The zero-order valence-corrected chi connectivity index (χ0v) is 10.6. The number of nitro benzene ring substituents is 1. The summed E-state index contributed by atoms with van der Waals surface area (Å²) in [5.74, 6) is -0.885. The van der Waals surface area contributed by atoms with Crippen LogP contribution < -0.4 is 4.90 Å². The highest BCUT2D eigenvalue weighted by molar-refractivity contribution is 6.31. The highest BCUT2D eigenvalue weighted by Crippen LogP contribution is 2.30. The average molecular weight is 273 g/mol. The summed E-state index contributed by atoms with van der Waals surface area (Å²) in [6.07, 6.45) is 0.439. The summed E-state index contributed by atoms with van der Waals surface area (Å²) >= 11 is 5.81. The molecule has 0 spiro atoms. The van der Waals surface area contributed by atoms with Gasteiger partial charge in [0.05, 0.1) is 4.92 Å². The Labute approximate surface area is 109 Å². The maximum atomic E-state index is 10.9. The van der Waals surface area contributed by atoms with Gasteiger partial charge in [-0.2, -0.15) is 0 Å². The van der Waals surface area contributed by atoms with E-state index >= 15 is 0 Å². The molecule has 0 aromatic heterocycles. The Morgan fingerprint density at radius 2 is 2.22 bits per heavy atom. The zero-order chi connectivity index (χ0) is 13.7. The van der Waals surface area contributed by atoms with Gasteiger partial charge in [0, 0.05) is 31.1 Å². The first-order valence-electron chi connectivity index (χ1n) is 5.28. The number of benzene rings is 1. The Morgan fingerprint density at radius 3 is 2.78 bits per heavy atom. The second-order valence-corrected chi connectivity index (χ2v) is 4.25. The molecule has 98 valence electrons. The number of nitrogens with zero attached hydrogens (tertiary/aromatic N) is 2. The molecular weight excluding hydrogens is 260 g/mol. The summed E-state index contributed by atoms with van der Waals surface area (Å²) in [7, 11) is 1.67. The highest BCUT2D eigenvalue weighted by atomic mass is 35.5. The lowest BCUT2D eigenvalue weighted by Gasteiger charge is -2.18. The fourth-order valence-electron chi connectivity index (χ4n) is 1.54. The molecule has 7 heteroatoms. The van der Waals surface area contributed by atoms with Gasteiger partial charge in [-0.25, -0.2) is 0 Å². The van der Waals surface area contributed by atoms with Gasteiger partial charge in [-0.15, -0.1) is 0 Å². The topological polar surface area (TPSA) is 83.7 Å². The number of anilines is 1. The molecule has 0 aliphatic rings. The Kier molecular flexibility index (Phi) is 4.91. The fourth-order valence-corrected chi connectivity index (χ4v) is 1.71. The minimum Gasteiger partial charge on any atom is -0.481 e. The standard InChI is InChI=1S/C11H13ClN2O4/c1-13(6-2-3-11(15)16)10-7-8(12)4-5-9(10)14(17)18/h4-5,7H,2-3,6H2,1H3,(H,15,16). The fraction of sp³-hybridized carbons (Fsp3) is 0.364. The maximum absolute atomic E-state index is 10.9. The molecule has 18 heavy (non-hydrogen) atoms. The quantitative estimate of drug-likeness (QED) is 0.635. The van der Waals surface area contributed by atoms with Gasteiger partial charge in [-0.05, 0) is 18.6 Å². The Bertz CT molecular complexity index is 464. The monoisotopic (exact) mass is 272 g/mol. The first-order chi connectivity index (χ1) is 8.41. The van der Waals surface area contributed by atoms with Crippen molar-refractivity contribution >= 4 is 28.9 Å². The molecule has 1 aromatic rings. The summed E-state index contributed by atoms with van der Waals surface area (Å²) in [5, 5.41) is 19.8. The van der Waals surface area contributed by atoms with Crippen LogP contribution in [-0.2, 0) is 4.79 Å². The largest absolute Gasteiger partial charge is 0.481 e. The Balaban J connectivity index is 2.83. The van der Waals surface area contributed by atoms with E-state index in [4.69, 9.17) is 16.7 Å². The number of halogens is 1. The first kappa shape index (κ1) is 14.2. The van der Waals surface area contributed by atoms with Crippen molar-refractivity contribution in [3.05, 3.63) is 33.3 Å². The molecule has 0 radical (unpaired) electrons. The van der Waals surface area contributed by atoms with Crippen molar-refractivity contribution in [2.45, 2.75) is 12.8 Å². The second-order valence-electron chi connectivity index (χ2n) is 3.81. The predicted octanol–water partition coefficient (Wildman–Crippen LogP) is 2.55. The third kappa shape index (κ3) is 3.89. The van der Waals surface area contributed by atoms with E-state index in [-0.39, 0.29) is 12.1 Å². The number of hydrogen-bond acceptors (Lipinski definition) is 4. The van der Waals surface area contributed by atoms with Gasteiger partial charge in [-0.1, -0.05) is 11.6 Å². The molecule has 0 atom stereocenters. The van der Waals surface area contributed by atoms with Crippen molar-refractivity contribution < 1.29 is 14.8 Å². The van der Waals surface area contributed by atoms with Crippen molar-refractivity contribution in [1.29, 1.82) is 0 Å². The van der Waals surface area contributed by atoms with Gasteiger partial charge in [0.15, 0.2) is 0 Å². The normalized spacial score (nSPS) is 10.1. The number of carboxylic acids is 1. The molecule has 0 saturated carbocycles. The van der Waals surface area contributed by atoms with Crippen molar-refractivity contribution in [3.8, 4) is 0 Å². The number of carboxylic acid groups (broad SMARTS) is 1. The molecule has 1 N–H and O–H groups in total. The van der Waals surface area contributed by atoms with Crippen molar-refractivity contribution in [2.75, 3.05) is 18.5 Å². The summed E-state index contributed by atoms with van der Waals surface area (Å²) in [6, 6.07) is 4.29. The van der Waals surface area contributed by atoms with E-state index < -0.39 is 10.9 Å². The van der Waals surface area contributed by atoms with E-state index in [1.807, 2.05) is 0 Å². The lowest BCUT2D eigenvalue weighted by Crippen LogP contribution is -2.20. The number of aliphatic carboxylic acids is 1. The maximum Gasteiger partial charge on any atom is 0.303 e. The molecule has 0 heterocycles. The van der Waals surface area contributed by atoms with Crippen molar-refractivity contribution in [1.82, 2.24) is 0 Å². The molecule has 0 fully saturated rings. The smallest absolute Gasteiger partial charge is 0.303 e. The van der Waals surface area contributed by atoms with Crippen LogP contribution in [-0.4, -0.2) is 29.6 Å². The average Bonchev–Trinajstić information content (AvgIpc) is 2.27. The van der Waals surface area contributed by atoms with Crippen LogP contribution in [0.2, 0.25) is 5.02 Å². The molecular formula is C11H13ClN2O4. The number of nitro groups is 1. The van der Waals surface area contributed by atoms with Gasteiger partial charge in [0.1, 0.15) is 5.69 Å². The molecule has 0 unspecified atom stereocenters. The van der Waals surface area contributed by atoms with Gasteiger partial charge in [0.25, 0.3) is 5.69 Å². The second kappa shape index (κ2) is 6.20. The highest BCUT2D eigenvalue weighted by Gasteiger charge is 2.17. The van der Waals surface area contributed by atoms with Crippen LogP contribution in [0.25, 0.3) is 0 Å². The summed E-state index contributed by atoms with van der Waals surface area (Å²) in [4.78, 5) is 22.4. The number of carbonyl (C=O) groups is 1. The van der Waals surface area contributed by atoms with Crippen LogP contribution in [0.1, 0.15) is 12.8 Å². The molecule has 0 aliphatic carbocycles. The zero-order valence-electron chi connectivity index (χ0n) is 9.80. The van der Waals surface area contributed by atoms with Crippen LogP contribution in [0.5, 0.6) is 0 Å². The Hall–Kier alpha value is -1.82. The van der Waals surface area contributed by atoms with E-state index in [0.29, 0.717) is 23.7 Å².